The lowest BCUT2D eigenvalue weighted by atomic mass is 10.0. The van der Waals surface area contributed by atoms with E-state index in [1.54, 1.807) is 11.1 Å². The molecule has 1 aromatic heterocycles. The molecular weight excluding hydrogens is 256 g/mol. The minimum absolute atomic E-state index is 0.216. The molecule has 0 radical (unpaired) electrons. The van der Waals surface area contributed by atoms with Gasteiger partial charge in [-0.25, -0.2) is 9.78 Å². The molecule has 2 rings (SSSR count). The Balaban J connectivity index is 1.73. The molecule has 1 aromatic rings. The van der Waals surface area contributed by atoms with Gasteiger partial charge in [-0.15, -0.1) is 0 Å². The summed E-state index contributed by atoms with van der Waals surface area (Å²) in [5.41, 5.74) is -0.443. The second-order valence-electron chi connectivity index (χ2n) is 5.92. The summed E-state index contributed by atoms with van der Waals surface area (Å²) in [7, 11) is 0. The van der Waals surface area contributed by atoms with Crippen LogP contribution in [0.15, 0.2) is 24.4 Å². The summed E-state index contributed by atoms with van der Waals surface area (Å²) in [5.74, 6) is 0.621. The summed E-state index contributed by atoms with van der Waals surface area (Å²) in [5, 5.41) is 0. The number of pyridine rings is 1. The Kier molecular flexibility index (Phi) is 4.47. The first-order chi connectivity index (χ1) is 9.46. The normalized spacial score (nSPS) is 18.4. The Morgan fingerprint density at radius 1 is 1.45 bits per heavy atom. The Hall–Kier alpha value is -1.78. The van der Waals surface area contributed by atoms with Gasteiger partial charge in [0, 0.05) is 31.3 Å². The van der Waals surface area contributed by atoms with Crippen molar-refractivity contribution in [1.82, 2.24) is 9.88 Å². The molecule has 110 valence electrons. The minimum Gasteiger partial charge on any atom is -0.478 e. The highest BCUT2D eigenvalue weighted by molar-refractivity contribution is 5.69. The molecular formula is C15H22N2O3. The summed E-state index contributed by atoms with van der Waals surface area (Å²) in [6.07, 6.45) is 3.28. The Bertz CT molecular complexity index is 442. The van der Waals surface area contributed by atoms with Gasteiger partial charge in [-0.1, -0.05) is 6.07 Å². The molecule has 0 spiro atoms. The molecule has 5 nitrogen and oxygen atoms in total. The molecule has 1 fully saturated rings. The highest BCUT2D eigenvalue weighted by Gasteiger charge is 2.34. The second kappa shape index (κ2) is 6.11. The van der Waals surface area contributed by atoms with Crippen LogP contribution in [0.4, 0.5) is 4.79 Å². The van der Waals surface area contributed by atoms with Crippen molar-refractivity contribution in [1.29, 1.82) is 0 Å². The topological polar surface area (TPSA) is 51.7 Å². The van der Waals surface area contributed by atoms with Crippen LogP contribution in [-0.4, -0.2) is 40.8 Å². The van der Waals surface area contributed by atoms with Crippen LogP contribution < -0.4 is 4.74 Å². The van der Waals surface area contributed by atoms with E-state index >= 15 is 0 Å². The third kappa shape index (κ3) is 4.11. The number of ether oxygens (including phenoxy) is 2. The summed E-state index contributed by atoms with van der Waals surface area (Å²) in [6, 6.07) is 5.78. The lowest BCUT2D eigenvalue weighted by Gasteiger charge is -2.41. The lowest BCUT2D eigenvalue weighted by molar-refractivity contribution is -0.00875. The molecule has 0 N–H and O–H groups in total. The van der Waals surface area contributed by atoms with Gasteiger partial charge in [-0.3, -0.25) is 0 Å². The van der Waals surface area contributed by atoms with Crippen molar-refractivity contribution in [2.45, 2.75) is 45.3 Å². The minimum atomic E-state index is -0.443. The average molecular weight is 278 g/mol. The molecule has 1 aliphatic rings. The summed E-state index contributed by atoms with van der Waals surface area (Å²) in [6.45, 7) is 6.96. The molecule has 20 heavy (non-hydrogen) atoms. The second-order valence-corrected chi connectivity index (χ2v) is 5.92. The van der Waals surface area contributed by atoms with Gasteiger partial charge < -0.3 is 14.4 Å². The van der Waals surface area contributed by atoms with E-state index in [9.17, 15) is 4.79 Å². The summed E-state index contributed by atoms with van der Waals surface area (Å²) in [4.78, 5) is 17.8. The van der Waals surface area contributed by atoms with Crippen molar-refractivity contribution < 1.29 is 14.3 Å². The molecule has 5 heteroatoms. The van der Waals surface area contributed by atoms with E-state index in [2.05, 4.69) is 4.98 Å². The van der Waals surface area contributed by atoms with Crippen molar-refractivity contribution in [3.8, 4) is 5.88 Å². The van der Waals surface area contributed by atoms with Crippen LogP contribution in [-0.2, 0) is 4.74 Å². The number of hydrogen-bond acceptors (Lipinski definition) is 4. The van der Waals surface area contributed by atoms with E-state index in [1.807, 2.05) is 39.0 Å². The molecule has 0 unspecified atom stereocenters. The molecule has 1 amide bonds. The number of nitrogens with zero attached hydrogens (tertiary/aromatic N) is 2. The molecule has 2 heterocycles. The van der Waals surface area contributed by atoms with E-state index < -0.39 is 5.60 Å². The first-order valence-electron chi connectivity index (χ1n) is 6.99. The maximum atomic E-state index is 11.9. The quantitative estimate of drug-likeness (QED) is 0.849. The first kappa shape index (κ1) is 14.6. The monoisotopic (exact) mass is 278 g/mol. The third-order valence-corrected chi connectivity index (χ3v) is 3.11. The molecule has 0 aliphatic carbocycles. The molecule has 1 atom stereocenters. The van der Waals surface area contributed by atoms with Crippen LogP contribution in [0.1, 0.15) is 33.6 Å². The molecule has 1 aliphatic heterocycles. The van der Waals surface area contributed by atoms with Crippen LogP contribution >= 0.6 is 0 Å². The van der Waals surface area contributed by atoms with Crippen molar-refractivity contribution in [3.05, 3.63) is 24.4 Å². The lowest BCUT2D eigenvalue weighted by Crippen LogP contribution is -2.53. The first-order valence-corrected chi connectivity index (χ1v) is 6.99. The van der Waals surface area contributed by atoms with E-state index in [0.29, 0.717) is 12.5 Å². The summed E-state index contributed by atoms with van der Waals surface area (Å²) < 4.78 is 10.9. The van der Waals surface area contributed by atoms with Gasteiger partial charge in [0.05, 0.1) is 6.61 Å². The molecule has 0 saturated carbocycles. The van der Waals surface area contributed by atoms with Crippen LogP contribution in [0.25, 0.3) is 0 Å². The van der Waals surface area contributed by atoms with Gasteiger partial charge in [0.25, 0.3) is 0 Å². The zero-order valence-electron chi connectivity index (χ0n) is 12.3. The number of hydrogen-bond donors (Lipinski definition) is 0. The van der Waals surface area contributed by atoms with E-state index in [4.69, 9.17) is 9.47 Å². The van der Waals surface area contributed by atoms with E-state index in [-0.39, 0.29) is 12.1 Å². The number of amides is 1. The zero-order valence-corrected chi connectivity index (χ0v) is 12.3. The van der Waals surface area contributed by atoms with Gasteiger partial charge in [0.1, 0.15) is 5.60 Å². The largest absolute Gasteiger partial charge is 0.478 e. The van der Waals surface area contributed by atoms with E-state index in [0.717, 1.165) is 19.4 Å². The van der Waals surface area contributed by atoms with Gasteiger partial charge >= 0.3 is 6.09 Å². The molecule has 0 aromatic carbocycles. The maximum Gasteiger partial charge on any atom is 0.410 e. The van der Waals surface area contributed by atoms with Crippen molar-refractivity contribution in [2.75, 3.05) is 13.2 Å². The number of rotatable bonds is 4. The number of likely N-dealkylation sites (tertiary alicyclic amines) is 1. The Labute approximate surface area is 119 Å². The highest BCUT2D eigenvalue weighted by atomic mass is 16.6. The van der Waals surface area contributed by atoms with Crippen LogP contribution in [0.3, 0.4) is 0 Å². The smallest absolute Gasteiger partial charge is 0.410 e. The maximum absolute atomic E-state index is 11.9. The summed E-state index contributed by atoms with van der Waals surface area (Å²) >= 11 is 0. The third-order valence-electron chi connectivity index (χ3n) is 3.11. The SMILES string of the molecule is CC(C)(C)OC(=O)N1CC[C@H]1CCOc1ccccn1. The average Bonchev–Trinajstić information content (AvgIpc) is 2.32. The van der Waals surface area contributed by atoms with Gasteiger partial charge in [-0.2, -0.15) is 0 Å². The number of carbonyl (C=O) groups is 1. The highest BCUT2D eigenvalue weighted by Crippen LogP contribution is 2.23. The van der Waals surface area contributed by atoms with Crippen LogP contribution in [0.5, 0.6) is 5.88 Å². The van der Waals surface area contributed by atoms with Gasteiger partial charge in [0.15, 0.2) is 0 Å². The van der Waals surface area contributed by atoms with Gasteiger partial charge in [-0.05, 0) is 33.3 Å². The number of aromatic nitrogens is 1. The predicted molar refractivity (Wildman–Crippen MR) is 75.7 cm³/mol. The fraction of sp³-hybridized carbons (Fsp3) is 0.600. The fourth-order valence-electron chi connectivity index (χ4n) is 2.03. The molecule has 1 saturated heterocycles. The van der Waals surface area contributed by atoms with Crippen molar-refractivity contribution in [3.63, 3.8) is 0 Å². The van der Waals surface area contributed by atoms with Crippen molar-refractivity contribution >= 4 is 6.09 Å². The fourth-order valence-corrected chi connectivity index (χ4v) is 2.03. The standard InChI is InChI=1S/C15H22N2O3/c1-15(2,3)20-14(18)17-10-7-12(17)8-11-19-13-6-4-5-9-16-13/h4-6,9,12H,7-8,10-11H2,1-3H3/t12-/m0/s1. The van der Waals surface area contributed by atoms with Gasteiger partial charge in [0.2, 0.25) is 5.88 Å². The Morgan fingerprint density at radius 2 is 2.25 bits per heavy atom. The predicted octanol–water partition coefficient (Wildman–Crippen LogP) is 2.86. The van der Waals surface area contributed by atoms with Crippen molar-refractivity contribution in [2.24, 2.45) is 0 Å². The van der Waals surface area contributed by atoms with E-state index in [1.165, 1.54) is 0 Å². The zero-order chi connectivity index (χ0) is 14.6. The Morgan fingerprint density at radius 3 is 2.80 bits per heavy atom. The van der Waals surface area contributed by atoms with Crippen LogP contribution in [0, 0.1) is 0 Å². The molecule has 0 bridgehead atoms. The number of carbonyl (C=O) groups excluding carboxylic acids is 1. The van der Waals surface area contributed by atoms with Crippen LogP contribution in [0.2, 0.25) is 0 Å².